The lowest BCUT2D eigenvalue weighted by atomic mass is 10.1. The van der Waals surface area contributed by atoms with Gasteiger partial charge >= 0.3 is 12.1 Å². The molecule has 0 amide bonds. The van der Waals surface area contributed by atoms with Gasteiger partial charge in [-0.3, -0.25) is 9.59 Å². The highest BCUT2D eigenvalue weighted by Gasteiger charge is 2.38. The number of hydrogen-bond donors (Lipinski definition) is 4. The lowest BCUT2D eigenvalue weighted by Gasteiger charge is -2.08. The van der Waals surface area contributed by atoms with Crippen molar-refractivity contribution in [2.45, 2.75) is 24.9 Å². The molecule has 13 heteroatoms. The first-order valence-electron chi connectivity index (χ1n) is 12.3. The van der Waals surface area contributed by atoms with Crippen molar-refractivity contribution in [1.29, 1.82) is 0 Å². The Morgan fingerprint density at radius 2 is 1.66 bits per heavy atom. The number of nitrogens with one attached hydrogen (secondary N) is 3. The molecule has 3 aromatic heterocycles. The molecule has 1 fully saturated rings. The minimum atomic E-state index is -5.08. The molecule has 4 N–H and O–H groups in total. The number of nitrogens with zero attached hydrogens (tertiary/aromatic N) is 3. The number of aromatic amines is 2. The quantitative estimate of drug-likeness (QED) is 0.234. The van der Waals surface area contributed by atoms with Crippen molar-refractivity contribution in [2.24, 2.45) is 0 Å². The van der Waals surface area contributed by atoms with E-state index in [4.69, 9.17) is 9.90 Å². The van der Waals surface area contributed by atoms with Gasteiger partial charge in [-0.1, -0.05) is 18.2 Å². The van der Waals surface area contributed by atoms with Crippen LogP contribution in [-0.2, 0) is 4.79 Å². The van der Waals surface area contributed by atoms with Crippen molar-refractivity contribution >= 4 is 28.5 Å². The molecule has 6 rings (SSSR count). The van der Waals surface area contributed by atoms with E-state index in [0.717, 1.165) is 35.5 Å². The van der Waals surface area contributed by atoms with Crippen molar-refractivity contribution in [3.05, 3.63) is 99.6 Å². The van der Waals surface area contributed by atoms with E-state index < -0.39 is 12.1 Å². The number of aromatic nitrogens is 5. The number of alkyl halides is 3. The summed E-state index contributed by atoms with van der Waals surface area (Å²) in [6.07, 6.45) is 0.359. The van der Waals surface area contributed by atoms with Crippen LogP contribution in [0.5, 0.6) is 0 Å². The summed E-state index contributed by atoms with van der Waals surface area (Å²) in [5.41, 5.74) is 4.16. The molecule has 41 heavy (non-hydrogen) atoms. The van der Waals surface area contributed by atoms with Gasteiger partial charge in [0.2, 0.25) is 5.95 Å². The largest absolute Gasteiger partial charge is 0.490 e. The van der Waals surface area contributed by atoms with Crippen LogP contribution in [0.1, 0.15) is 24.6 Å². The number of rotatable bonds is 5. The molecule has 1 aliphatic rings. The van der Waals surface area contributed by atoms with Gasteiger partial charge in [0.25, 0.3) is 11.1 Å². The summed E-state index contributed by atoms with van der Waals surface area (Å²) in [6.45, 7) is 0. The molecule has 0 aliphatic heterocycles. The van der Waals surface area contributed by atoms with Gasteiger partial charge in [0.1, 0.15) is 5.82 Å². The Bertz CT molecular complexity index is 1850. The number of hydrogen-bond acceptors (Lipinski definition) is 7. The van der Waals surface area contributed by atoms with Crippen LogP contribution >= 0.6 is 0 Å². The number of benzene rings is 2. The Hall–Kier alpha value is -5.33. The maximum Gasteiger partial charge on any atom is 0.490 e. The van der Waals surface area contributed by atoms with Crippen LogP contribution in [0.3, 0.4) is 0 Å². The molecule has 3 heterocycles. The van der Waals surface area contributed by atoms with E-state index in [2.05, 4.69) is 30.2 Å². The van der Waals surface area contributed by atoms with Crippen LogP contribution < -0.4 is 16.4 Å². The SMILES string of the molecule is O=C(O)C(F)(F)F.O=c1[nH]cccc1-c1ccc(Nc2nccc(-c3ccc4nc(C5CC5)[nH]c(=O)c4c3)n2)cc1. The van der Waals surface area contributed by atoms with Crippen LogP contribution in [0.25, 0.3) is 33.3 Å². The number of carboxylic acids is 1. The lowest BCUT2D eigenvalue weighted by molar-refractivity contribution is -0.192. The Labute approximate surface area is 229 Å². The molecule has 0 bridgehead atoms. The summed E-state index contributed by atoms with van der Waals surface area (Å²) in [4.78, 5) is 52.7. The average Bonchev–Trinajstić information content (AvgIpc) is 3.80. The summed E-state index contributed by atoms with van der Waals surface area (Å²) < 4.78 is 31.7. The van der Waals surface area contributed by atoms with E-state index in [1.807, 2.05) is 42.5 Å². The van der Waals surface area contributed by atoms with Crippen LogP contribution in [0.4, 0.5) is 24.8 Å². The molecule has 0 radical (unpaired) electrons. The van der Waals surface area contributed by atoms with E-state index in [0.29, 0.717) is 34.0 Å². The smallest absolute Gasteiger partial charge is 0.475 e. The lowest BCUT2D eigenvalue weighted by Crippen LogP contribution is -2.21. The molecule has 2 aromatic carbocycles. The third-order valence-electron chi connectivity index (χ3n) is 6.15. The molecular weight excluding hydrogens is 541 g/mol. The zero-order chi connectivity index (χ0) is 29.1. The van der Waals surface area contributed by atoms with Crippen LogP contribution in [0.2, 0.25) is 0 Å². The minimum Gasteiger partial charge on any atom is -0.475 e. The number of carbonyl (C=O) groups is 1. The topological polar surface area (TPSA) is 154 Å². The summed E-state index contributed by atoms with van der Waals surface area (Å²) in [5, 5.41) is 10.9. The van der Waals surface area contributed by atoms with Gasteiger partial charge in [-0.15, -0.1) is 0 Å². The standard InChI is InChI=1S/C26H20N6O2.C2HF3O2/c33-24-19(2-1-12-27-24)15-5-8-18(9-6-15)29-26-28-13-11-21(31-26)17-7-10-22-20(14-17)25(34)32-23(30-22)16-3-4-16;3-2(4,5)1(6)7/h1-2,5-14,16H,3-4H2,(H,27,33)(H,28,29,31)(H,30,32,34);(H,6,7). The van der Waals surface area contributed by atoms with E-state index >= 15 is 0 Å². The molecule has 0 saturated heterocycles. The van der Waals surface area contributed by atoms with Gasteiger partial charge in [0, 0.05) is 35.1 Å². The zero-order valence-electron chi connectivity index (χ0n) is 21.1. The number of carboxylic acid groups (broad SMARTS) is 1. The molecule has 1 aliphatic carbocycles. The molecule has 5 aromatic rings. The summed E-state index contributed by atoms with van der Waals surface area (Å²) >= 11 is 0. The third-order valence-corrected chi connectivity index (χ3v) is 6.15. The van der Waals surface area contributed by atoms with Crippen molar-refractivity contribution in [3.63, 3.8) is 0 Å². The van der Waals surface area contributed by atoms with Crippen molar-refractivity contribution in [3.8, 4) is 22.4 Å². The Morgan fingerprint density at radius 1 is 0.951 bits per heavy atom. The van der Waals surface area contributed by atoms with Gasteiger partial charge in [0.15, 0.2) is 0 Å². The number of anilines is 2. The highest BCUT2D eigenvalue weighted by molar-refractivity contribution is 5.83. The third kappa shape index (κ3) is 6.46. The second-order valence-electron chi connectivity index (χ2n) is 9.14. The van der Waals surface area contributed by atoms with Gasteiger partial charge in [0.05, 0.1) is 16.6 Å². The molecule has 1 saturated carbocycles. The molecule has 208 valence electrons. The van der Waals surface area contributed by atoms with E-state index in [1.54, 1.807) is 30.6 Å². The van der Waals surface area contributed by atoms with Crippen molar-refractivity contribution < 1.29 is 23.1 Å². The first-order chi connectivity index (χ1) is 19.6. The molecule has 10 nitrogen and oxygen atoms in total. The Morgan fingerprint density at radius 3 is 2.32 bits per heavy atom. The van der Waals surface area contributed by atoms with Crippen LogP contribution in [-0.4, -0.2) is 42.2 Å². The van der Waals surface area contributed by atoms with Gasteiger partial charge < -0.3 is 20.4 Å². The van der Waals surface area contributed by atoms with E-state index in [1.165, 1.54) is 0 Å². The van der Waals surface area contributed by atoms with Crippen molar-refractivity contribution in [1.82, 2.24) is 24.9 Å². The Balaban J connectivity index is 0.000000431. The monoisotopic (exact) mass is 562 g/mol. The zero-order valence-corrected chi connectivity index (χ0v) is 21.1. The fourth-order valence-corrected chi connectivity index (χ4v) is 3.96. The fourth-order valence-electron chi connectivity index (χ4n) is 3.96. The van der Waals surface area contributed by atoms with Gasteiger partial charge in [-0.25, -0.2) is 19.7 Å². The number of halogens is 3. The maximum atomic E-state index is 12.6. The van der Waals surface area contributed by atoms with Crippen LogP contribution in [0, 0.1) is 0 Å². The van der Waals surface area contributed by atoms with E-state index in [-0.39, 0.29) is 11.1 Å². The Kier molecular flexibility index (Phi) is 7.34. The second kappa shape index (κ2) is 11.0. The fraction of sp³-hybridized carbons (Fsp3) is 0.143. The van der Waals surface area contributed by atoms with Crippen molar-refractivity contribution in [2.75, 3.05) is 5.32 Å². The molecule has 0 atom stereocenters. The number of H-pyrrole nitrogens is 2. The number of aliphatic carboxylic acids is 1. The summed E-state index contributed by atoms with van der Waals surface area (Å²) in [5.74, 6) is -1.16. The van der Waals surface area contributed by atoms with Gasteiger partial charge in [-0.05, 0) is 60.9 Å². The molecular formula is C28H21F3N6O4. The average molecular weight is 563 g/mol. The van der Waals surface area contributed by atoms with E-state index in [9.17, 15) is 22.8 Å². The molecule has 0 spiro atoms. The number of fused-ring (bicyclic) bond motifs is 1. The number of pyridine rings is 1. The summed E-state index contributed by atoms with van der Waals surface area (Å²) in [6, 6.07) is 18.5. The highest BCUT2D eigenvalue weighted by atomic mass is 19.4. The second-order valence-corrected chi connectivity index (χ2v) is 9.14. The van der Waals surface area contributed by atoms with Crippen LogP contribution in [0.15, 0.2) is 82.6 Å². The minimum absolute atomic E-state index is 0.126. The first-order valence-corrected chi connectivity index (χ1v) is 12.3. The normalized spacial score (nSPS) is 12.9. The predicted molar refractivity (Wildman–Crippen MR) is 145 cm³/mol. The maximum absolute atomic E-state index is 12.6. The highest BCUT2D eigenvalue weighted by Crippen LogP contribution is 2.38. The molecule has 0 unspecified atom stereocenters. The first kappa shape index (κ1) is 27.2. The van der Waals surface area contributed by atoms with Gasteiger partial charge in [-0.2, -0.15) is 13.2 Å². The predicted octanol–water partition coefficient (Wildman–Crippen LogP) is 4.99. The summed E-state index contributed by atoms with van der Waals surface area (Å²) in [7, 11) is 0.